The molecular formula is C20H21N3O4S. The van der Waals surface area contributed by atoms with E-state index in [1.165, 1.54) is 27.8 Å². The predicted octanol–water partition coefficient (Wildman–Crippen LogP) is 2.45. The van der Waals surface area contributed by atoms with Crippen LogP contribution in [-0.4, -0.2) is 41.1 Å². The SMILES string of the molecule is COc1cc2c(cc1OC)CN(C(=O)CCn1cnc3sccc3c1=O)CC2. The van der Waals surface area contributed by atoms with Gasteiger partial charge in [0.1, 0.15) is 4.83 Å². The number of carbonyl (C=O) groups is 1. The molecule has 1 aliphatic heterocycles. The molecule has 0 saturated heterocycles. The van der Waals surface area contributed by atoms with Crippen molar-refractivity contribution in [2.45, 2.75) is 25.9 Å². The second-order valence-corrected chi connectivity index (χ2v) is 7.57. The third-order valence-corrected chi connectivity index (χ3v) is 5.91. The van der Waals surface area contributed by atoms with Gasteiger partial charge in [0, 0.05) is 26.1 Å². The van der Waals surface area contributed by atoms with Gasteiger partial charge in [0.05, 0.1) is 25.9 Å². The zero-order chi connectivity index (χ0) is 19.7. The van der Waals surface area contributed by atoms with Crippen LogP contribution in [0, 0.1) is 0 Å². The highest BCUT2D eigenvalue weighted by atomic mass is 32.1. The fourth-order valence-electron chi connectivity index (χ4n) is 3.52. The number of carbonyl (C=O) groups excluding carboxylic acids is 1. The standard InChI is InChI=1S/C20H21N3O4S/c1-26-16-9-13-3-6-22(11-14(13)10-17(16)27-2)18(24)4-7-23-12-21-19-15(20(23)25)5-8-28-19/h5,8-10,12H,3-4,6-7,11H2,1-2H3. The molecule has 146 valence electrons. The molecule has 0 atom stereocenters. The van der Waals surface area contributed by atoms with E-state index in [4.69, 9.17) is 9.47 Å². The molecule has 3 aromatic rings. The topological polar surface area (TPSA) is 73.7 Å². The first-order valence-electron chi connectivity index (χ1n) is 9.05. The van der Waals surface area contributed by atoms with Gasteiger partial charge in [-0.2, -0.15) is 0 Å². The molecule has 0 aliphatic carbocycles. The van der Waals surface area contributed by atoms with Gasteiger partial charge in [0.25, 0.3) is 5.56 Å². The zero-order valence-corrected chi connectivity index (χ0v) is 16.6. The Hall–Kier alpha value is -2.87. The van der Waals surface area contributed by atoms with Crippen molar-refractivity contribution in [3.63, 3.8) is 0 Å². The van der Waals surface area contributed by atoms with E-state index in [1.807, 2.05) is 22.4 Å². The van der Waals surface area contributed by atoms with E-state index in [-0.39, 0.29) is 17.9 Å². The lowest BCUT2D eigenvalue weighted by atomic mass is 9.98. The molecule has 0 bridgehead atoms. The van der Waals surface area contributed by atoms with Gasteiger partial charge in [-0.25, -0.2) is 4.98 Å². The van der Waals surface area contributed by atoms with Gasteiger partial charge in [0.2, 0.25) is 5.91 Å². The minimum Gasteiger partial charge on any atom is -0.493 e. The summed E-state index contributed by atoms with van der Waals surface area (Å²) in [6, 6.07) is 5.70. The van der Waals surface area contributed by atoms with Crippen molar-refractivity contribution in [1.29, 1.82) is 0 Å². The highest BCUT2D eigenvalue weighted by Crippen LogP contribution is 2.33. The van der Waals surface area contributed by atoms with Crippen LogP contribution in [0.15, 0.2) is 34.7 Å². The molecule has 2 aromatic heterocycles. The molecule has 0 unspecified atom stereocenters. The monoisotopic (exact) mass is 399 g/mol. The van der Waals surface area contributed by atoms with Crippen LogP contribution in [0.4, 0.5) is 0 Å². The molecule has 0 radical (unpaired) electrons. The van der Waals surface area contributed by atoms with E-state index in [9.17, 15) is 9.59 Å². The van der Waals surface area contributed by atoms with Crippen LogP contribution < -0.4 is 15.0 Å². The second kappa shape index (κ2) is 7.63. The van der Waals surface area contributed by atoms with Gasteiger partial charge in [-0.1, -0.05) is 0 Å². The van der Waals surface area contributed by atoms with E-state index in [0.717, 1.165) is 16.8 Å². The molecule has 4 rings (SSSR count). The lowest BCUT2D eigenvalue weighted by molar-refractivity contribution is -0.132. The maximum atomic E-state index is 12.7. The molecular weight excluding hydrogens is 378 g/mol. The van der Waals surface area contributed by atoms with Crippen LogP contribution in [0.2, 0.25) is 0 Å². The highest BCUT2D eigenvalue weighted by Gasteiger charge is 2.23. The largest absolute Gasteiger partial charge is 0.493 e. The summed E-state index contributed by atoms with van der Waals surface area (Å²) in [6.07, 6.45) is 2.56. The van der Waals surface area contributed by atoms with Crippen LogP contribution in [0.3, 0.4) is 0 Å². The minimum atomic E-state index is -0.0973. The smallest absolute Gasteiger partial charge is 0.262 e. The molecule has 0 N–H and O–H groups in total. The third-order valence-electron chi connectivity index (χ3n) is 5.09. The molecule has 1 aromatic carbocycles. The van der Waals surface area contributed by atoms with Crippen molar-refractivity contribution >= 4 is 27.5 Å². The number of hydrogen-bond donors (Lipinski definition) is 0. The number of nitrogens with zero attached hydrogens (tertiary/aromatic N) is 3. The Balaban J connectivity index is 1.46. The lowest BCUT2D eigenvalue weighted by Gasteiger charge is -2.29. The molecule has 28 heavy (non-hydrogen) atoms. The average molecular weight is 399 g/mol. The molecule has 0 fully saturated rings. The van der Waals surface area contributed by atoms with Crippen molar-refractivity contribution in [3.8, 4) is 11.5 Å². The number of fused-ring (bicyclic) bond motifs is 2. The van der Waals surface area contributed by atoms with Crippen LogP contribution in [-0.2, 0) is 24.3 Å². The highest BCUT2D eigenvalue weighted by molar-refractivity contribution is 7.16. The fraction of sp³-hybridized carbons (Fsp3) is 0.350. The molecule has 7 nitrogen and oxygen atoms in total. The third kappa shape index (κ3) is 3.35. The normalized spacial score (nSPS) is 13.4. The van der Waals surface area contributed by atoms with E-state index in [2.05, 4.69) is 4.98 Å². The summed E-state index contributed by atoms with van der Waals surface area (Å²) < 4.78 is 12.2. The summed E-state index contributed by atoms with van der Waals surface area (Å²) in [6.45, 7) is 1.51. The summed E-state index contributed by atoms with van der Waals surface area (Å²) >= 11 is 1.44. The van der Waals surface area contributed by atoms with Gasteiger partial charge < -0.3 is 14.4 Å². The van der Waals surface area contributed by atoms with Crippen LogP contribution in [0.1, 0.15) is 17.5 Å². The summed E-state index contributed by atoms with van der Waals surface area (Å²) in [4.78, 5) is 32.0. The van der Waals surface area contributed by atoms with Gasteiger partial charge in [-0.05, 0) is 41.1 Å². The van der Waals surface area contributed by atoms with Crippen LogP contribution >= 0.6 is 11.3 Å². The number of aromatic nitrogens is 2. The molecule has 0 spiro atoms. The van der Waals surface area contributed by atoms with Crippen molar-refractivity contribution in [3.05, 3.63) is 51.4 Å². The lowest BCUT2D eigenvalue weighted by Crippen LogP contribution is -2.37. The van der Waals surface area contributed by atoms with E-state index < -0.39 is 0 Å². The number of amides is 1. The van der Waals surface area contributed by atoms with Crippen molar-refractivity contribution in [1.82, 2.24) is 14.5 Å². The average Bonchev–Trinajstić information content (AvgIpc) is 3.21. The number of methoxy groups -OCH3 is 2. The number of thiophene rings is 1. The van der Waals surface area contributed by atoms with Gasteiger partial charge in [-0.15, -0.1) is 11.3 Å². The number of rotatable bonds is 5. The number of hydrogen-bond acceptors (Lipinski definition) is 6. The fourth-order valence-corrected chi connectivity index (χ4v) is 4.25. The Morgan fingerprint density at radius 3 is 2.71 bits per heavy atom. The molecule has 3 heterocycles. The van der Waals surface area contributed by atoms with Gasteiger partial charge >= 0.3 is 0 Å². The molecule has 8 heteroatoms. The molecule has 0 saturated carbocycles. The molecule has 1 aliphatic rings. The van der Waals surface area contributed by atoms with Crippen molar-refractivity contribution in [2.24, 2.45) is 0 Å². The first-order chi connectivity index (χ1) is 13.6. The number of benzene rings is 1. The minimum absolute atomic E-state index is 0.0257. The maximum absolute atomic E-state index is 12.7. The van der Waals surface area contributed by atoms with Crippen molar-refractivity contribution in [2.75, 3.05) is 20.8 Å². The Morgan fingerprint density at radius 1 is 1.21 bits per heavy atom. The number of aryl methyl sites for hydroxylation is 1. The molecule has 1 amide bonds. The van der Waals surface area contributed by atoms with E-state index >= 15 is 0 Å². The van der Waals surface area contributed by atoms with Crippen LogP contribution in [0.5, 0.6) is 11.5 Å². The summed E-state index contributed by atoms with van der Waals surface area (Å²) in [5.41, 5.74) is 2.14. The second-order valence-electron chi connectivity index (χ2n) is 6.67. The first kappa shape index (κ1) is 18.5. The van der Waals surface area contributed by atoms with E-state index in [0.29, 0.717) is 36.5 Å². The number of ether oxygens (including phenoxy) is 2. The zero-order valence-electron chi connectivity index (χ0n) is 15.8. The van der Waals surface area contributed by atoms with Gasteiger partial charge in [0.15, 0.2) is 11.5 Å². The Kier molecular flexibility index (Phi) is 5.04. The predicted molar refractivity (Wildman–Crippen MR) is 107 cm³/mol. The summed E-state index contributed by atoms with van der Waals surface area (Å²) in [5.74, 6) is 1.40. The van der Waals surface area contributed by atoms with Crippen molar-refractivity contribution < 1.29 is 14.3 Å². The Bertz CT molecular complexity index is 1090. The summed E-state index contributed by atoms with van der Waals surface area (Å²) in [5, 5.41) is 2.45. The maximum Gasteiger partial charge on any atom is 0.262 e. The Labute approximate surface area is 166 Å². The first-order valence-corrected chi connectivity index (χ1v) is 9.93. The quantitative estimate of drug-likeness (QED) is 0.659. The summed E-state index contributed by atoms with van der Waals surface area (Å²) in [7, 11) is 3.22. The van der Waals surface area contributed by atoms with Crippen LogP contribution in [0.25, 0.3) is 10.2 Å². The van der Waals surface area contributed by atoms with E-state index in [1.54, 1.807) is 20.3 Å². The Morgan fingerprint density at radius 2 is 1.96 bits per heavy atom. The van der Waals surface area contributed by atoms with Gasteiger partial charge in [-0.3, -0.25) is 14.2 Å².